The van der Waals surface area contributed by atoms with Crippen molar-refractivity contribution in [1.82, 2.24) is 5.32 Å². The van der Waals surface area contributed by atoms with E-state index in [2.05, 4.69) is 38.2 Å². The summed E-state index contributed by atoms with van der Waals surface area (Å²) in [6, 6.07) is -0.850. The van der Waals surface area contributed by atoms with Gasteiger partial charge in [-0.3, -0.25) is 18.6 Å². The van der Waals surface area contributed by atoms with Gasteiger partial charge in [0.1, 0.15) is 19.3 Å². The number of likely N-dealkylation sites (N-methyl/N-ethyl adjacent to an activating group) is 1. The Hall–Kier alpha value is -1.51. The van der Waals surface area contributed by atoms with Crippen molar-refractivity contribution in [3.05, 3.63) is 24.3 Å². The molecule has 1 amide bonds. The van der Waals surface area contributed by atoms with Gasteiger partial charge in [-0.1, -0.05) is 277 Å². The van der Waals surface area contributed by atoms with Crippen LogP contribution in [-0.2, 0) is 27.9 Å². The third kappa shape index (κ3) is 55.3. The van der Waals surface area contributed by atoms with E-state index in [1.807, 2.05) is 33.3 Å². The van der Waals surface area contributed by atoms with Crippen molar-refractivity contribution < 1.29 is 37.3 Å². The lowest BCUT2D eigenvalue weighted by atomic mass is 10.0. The number of nitrogens with zero attached hydrogens (tertiary/aromatic N) is 1. The SMILES string of the molecule is CCCCCCCCC/C=C\CCCCCC(=O)NC(COP(=O)(O)OCC[N+](C)(C)C)C(/C=C\CCCCCCCCCCCCC)OC(=O)CCCCCCCCCCCCCCCCCCCCCCC. The Morgan fingerprint density at radius 2 is 0.784 bits per heavy atom. The molecule has 0 bridgehead atoms. The van der Waals surface area contributed by atoms with Gasteiger partial charge in [0.25, 0.3) is 0 Å². The van der Waals surface area contributed by atoms with Crippen LogP contribution in [0.2, 0.25) is 0 Å². The molecule has 0 aliphatic carbocycles. The zero-order chi connectivity index (χ0) is 54.3. The maximum absolute atomic E-state index is 13.5. The number of amides is 1. The molecule has 0 saturated carbocycles. The van der Waals surface area contributed by atoms with Crippen LogP contribution in [0.4, 0.5) is 0 Å². The number of hydrogen-bond acceptors (Lipinski definition) is 6. The lowest BCUT2D eigenvalue weighted by Gasteiger charge is -2.27. The standard InChI is InChI=1S/C64H125N2O7P/c1-7-10-13-16-19-22-25-28-30-31-32-33-34-35-36-39-42-45-48-51-54-57-64(68)73-62(55-52-49-46-43-40-37-27-24-21-18-15-12-9-3)61(60-72-74(69,70)71-59-58-66(4,5)6)65-63(67)56-53-50-47-44-41-38-29-26-23-20-17-14-11-8-2/h38,41,52,55,61-62H,7-37,39-40,42-51,53-54,56-60H2,1-6H3,(H-,65,67,69,70)/p+1/b41-38-,55-52-. The van der Waals surface area contributed by atoms with Crippen molar-refractivity contribution in [2.24, 2.45) is 0 Å². The van der Waals surface area contributed by atoms with Crippen molar-refractivity contribution in [2.75, 3.05) is 40.9 Å². The van der Waals surface area contributed by atoms with Crippen LogP contribution in [-0.4, -0.2) is 74.3 Å². The van der Waals surface area contributed by atoms with Gasteiger partial charge in [0.2, 0.25) is 5.91 Å². The molecule has 0 aromatic heterocycles. The molecule has 2 N–H and O–H groups in total. The molecule has 74 heavy (non-hydrogen) atoms. The van der Waals surface area contributed by atoms with Crippen LogP contribution in [0.1, 0.15) is 323 Å². The Kier molecular flexibility index (Phi) is 53.7. The highest BCUT2D eigenvalue weighted by atomic mass is 31.2. The smallest absolute Gasteiger partial charge is 0.456 e. The summed E-state index contributed by atoms with van der Waals surface area (Å²) in [7, 11) is 1.50. The van der Waals surface area contributed by atoms with E-state index in [1.54, 1.807) is 0 Å². The monoisotopic (exact) mass is 1070 g/mol. The fraction of sp³-hybridized carbons (Fsp3) is 0.906. The van der Waals surface area contributed by atoms with Crippen LogP contribution < -0.4 is 5.32 Å². The zero-order valence-electron chi connectivity index (χ0n) is 50.1. The first kappa shape index (κ1) is 72.5. The molecule has 3 atom stereocenters. The van der Waals surface area contributed by atoms with E-state index in [1.165, 1.54) is 218 Å². The average Bonchev–Trinajstić information content (AvgIpc) is 3.36. The Bertz CT molecular complexity index is 1320. The molecule has 0 aromatic carbocycles. The van der Waals surface area contributed by atoms with E-state index in [4.69, 9.17) is 13.8 Å². The number of quaternary nitrogens is 1. The predicted octanol–water partition coefficient (Wildman–Crippen LogP) is 19.7. The third-order valence-corrected chi connectivity index (χ3v) is 15.6. The molecule has 10 heteroatoms. The lowest BCUT2D eigenvalue weighted by Crippen LogP contribution is -2.47. The van der Waals surface area contributed by atoms with E-state index in [9.17, 15) is 19.0 Å². The lowest BCUT2D eigenvalue weighted by molar-refractivity contribution is -0.870. The second-order valence-electron chi connectivity index (χ2n) is 23.3. The van der Waals surface area contributed by atoms with E-state index in [0.717, 1.165) is 70.6 Å². The minimum atomic E-state index is -4.45. The molecule has 9 nitrogen and oxygen atoms in total. The molecule has 0 heterocycles. The topological polar surface area (TPSA) is 111 Å². The molecule has 0 spiro atoms. The summed E-state index contributed by atoms with van der Waals surface area (Å²) in [5.41, 5.74) is 0. The first-order valence-electron chi connectivity index (χ1n) is 32.2. The second kappa shape index (κ2) is 54.8. The summed E-state index contributed by atoms with van der Waals surface area (Å²) in [5, 5.41) is 3.05. The fourth-order valence-electron chi connectivity index (χ4n) is 9.64. The molecule has 438 valence electrons. The summed E-state index contributed by atoms with van der Waals surface area (Å²) in [5.74, 6) is -0.506. The van der Waals surface area contributed by atoms with Gasteiger partial charge in [-0.15, -0.1) is 0 Å². The van der Waals surface area contributed by atoms with Crippen LogP contribution >= 0.6 is 7.82 Å². The molecule has 0 rings (SSSR count). The number of phosphoric acid groups is 1. The average molecular weight is 1070 g/mol. The molecule has 3 unspecified atom stereocenters. The summed E-state index contributed by atoms with van der Waals surface area (Å²) in [6.07, 6.45) is 64.6. The number of carbonyl (C=O) groups is 2. The van der Waals surface area contributed by atoms with Crippen LogP contribution in [0.3, 0.4) is 0 Å². The Balaban J connectivity index is 5.19. The number of esters is 1. The van der Waals surface area contributed by atoms with Crippen molar-refractivity contribution in [3.63, 3.8) is 0 Å². The van der Waals surface area contributed by atoms with Crippen LogP contribution in [0.25, 0.3) is 0 Å². The zero-order valence-corrected chi connectivity index (χ0v) is 51.0. The summed E-state index contributed by atoms with van der Waals surface area (Å²) in [4.78, 5) is 37.7. The predicted molar refractivity (Wildman–Crippen MR) is 319 cm³/mol. The number of ether oxygens (including phenoxy) is 1. The molecule has 0 fully saturated rings. The maximum Gasteiger partial charge on any atom is 0.472 e. The summed E-state index contributed by atoms with van der Waals surface area (Å²) < 4.78 is 30.7. The highest BCUT2D eigenvalue weighted by Crippen LogP contribution is 2.43. The van der Waals surface area contributed by atoms with Gasteiger partial charge >= 0.3 is 13.8 Å². The second-order valence-corrected chi connectivity index (χ2v) is 24.7. The highest BCUT2D eigenvalue weighted by molar-refractivity contribution is 7.47. The normalized spacial score (nSPS) is 13.8. The molecule has 0 aliphatic rings. The van der Waals surface area contributed by atoms with Crippen LogP contribution in [0, 0.1) is 0 Å². The first-order valence-corrected chi connectivity index (χ1v) is 33.7. The van der Waals surface area contributed by atoms with E-state index >= 15 is 0 Å². The van der Waals surface area contributed by atoms with Crippen LogP contribution in [0.5, 0.6) is 0 Å². The van der Waals surface area contributed by atoms with Gasteiger partial charge in [-0.2, -0.15) is 0 Å². The highest BCUT2D eigenvalue weighted by Gasteiger charge is 2.30. The number of nitrogens with one attached hydrogen (secondary N) is 1. The summed E-state index contributed by atoms with van der Waals surface area (Å²) >= 11 is 0. The van der Waals surface area contributed by atoms with Crippen molar-refractivity contribution >= 4 is 19.7 Å². The van der Waals surface area contributed by atoms with Gasteiger partial charge in [0.05, 0.1) is 33.8 Å². The number of allylic oxidation sites excluding steroid dienone is 3. The van der Waals surface area contributed by atoms with Gasteiger partial charge in [0.15, 0.2) is 0 Å². The quantitative estimate of drug-likeness (QED) is 0.0205. The van der Waals surface area contributed by atoms with Crippen molar-refractivity contribution in [3.8, 4) is 0 Å². The molecular weight excluding hydrogens is 940 g/mol. The van der Waals surface area contributed by atoms with Crippen LogP contribution in [0.15, 0.2) is 24.3 Å². The van der Waals surface area contributed by atoms with Gasteiger partial charge < -0.3 is 19.4 Å². The van der Waals surface area contributed by atoms with Crippen molar-refractivity contribution in [1.29, 1.82) is 0 Å². The fourth-order valence-corrected chi connectivity index (χ4v) is 10.4. The molecule has 0 radical (unpaired) electrons. The Labute approximate surface area is 460 Å². The largest absolute Gasteiger partial charge is 0.472 e. The van der Waals surface area contributed by atoms with E-state index in [0.29, 0.717) is 23.9 Å². The minimum absolute atomic E-state index is 0.0411. The van der Waals surface area contributed by atoms with Gasteiger partial charge in [-0.25, -0.2) is 4.57 Å². The Morgan fingerprint density at radius 3 is 1.16 bits per heavy atom. The number of rotatable bonds is 59. The van der Waals surface area contributed by atoms with Gasteiger partial charge in [0, 0.05) is 12.8 Å². The minimum Gasteiger partial charge on any atom is -0.456 e. The first-order chi connectivity index (χ1) is 35.9. The number of phosphoric ester groups is 1. The third-order valence-electron chi connectivity index (χ3n) is 14.6. The summed E-state index contributed by atoms with van der Waals surface area (Å²) in [6.45, 7) is 7.04. The maximum atomic E-state index is 13.5. The van der Waals surface area contributed by atoms with E-state index < -0.39 is 20.0 Å². The number of carbonyl (C=O) groups excluding carboxylic acids is 2. The molecule has 0 aliphatic heterocycles. The van der Waals surface area contributed by atoms with Gasteiger partial charge in [-0.05, 0) is 57.4 Å². The molecule has 0 saturated heterocycles. The number of unbranched alkanes of at least 4 members (excludes halogenated alkanes) is 41. The van der Waals surface area contributed by atoms with Crippen molar-refractivity contribution in [2.45, 2.75) is 335 Å². The molecular formula is C64H126N2O7P+. The van der Waals surface area contributed by atoms with E-state index in [-0.39, 0.29) is 25.1 Å². The Morgan fingerprint density at radius 1 is 0.459 bits per heavy atom. The molecule has 0 aromatic rings. The number of hydrogen-bond donors (Lipinski definition) is 2.